The number of aliphatic hydroxyl groups excluding tert-OH is 1. The molecule has 15 heavy (non-hydrogen) atoms. The smallest absolute Gasteiger partial charge is 0.102 e. The van der Waals surface area contributed by atoms with Gasteiger partial charge in [0.15, 0.2) is 0 Å². The summed E-state index contributed by atoms with van der Waals surface area (Å²) >= 11 is 1.63. The molecule has 1 aromatic rings. The highest BCUT2D eigenvalue weighted by Crippen LogP contribution is 2.35. The van der Waals surface area contributed by atoms with Gasteiger partial charge in [-0.05, 0) is 5.41 Å². The first-order valence-corrected chi connectivity index (χ1v) is 6.14. The summed E-state index contributed by atoms with van der Waals surface area (Å²) in [6.07, 6.45) is -0.482. The normalized spacial score (nSPS) is 15.4. The topological polar surface area (TPSA) is 33.1 Å². The first kappa shape index (κ1) is 12.7. The summed E-state index contributed by atoms with van der Waals surface area (Å²) in [5.74, 6) is 0. The van der Waals surface area contributed by atoms with E-state index in [0.29, 0.717) is 0 Å². The van der Waals surface area contributed by atoms with Crippen molar-refractivity contribution in [2.24, 2.45) is 5.41 Å². The van der Waals surface area contributed by atoms with Gasteiger partial charge in [-0.1, -0.05) is 41.5 Å². The van der Waals surface area contributed by atoms with Crippen LogP contribution in [0.1, 0.15) is 58.3 Å². The Morgan fingerprint density at radius 2 is 1.73 bits per heavy atom. The molecule has 1 unspecified atom stereocenters. The summed E-state index contributed by atoms with van der Waals surface area (Å²) in [7, 11) is 0. The zero-order chi connectivity index (χ0) is 11.9. The Morgan fingerprint density at radius 1 is 1.20 bits per heavy atom. The van der Waals surface area contributed by atoms with Crippen LogP contribution in [-0.2, 0) is 5.41 Å². The van der Waals surface area contributed by atoms with Gasteiger partial charge in [-0.2, -0.15) is 0 Å². The van der Waals surface area contributed by atoms with Crippen molar-refractivity contribution in [1.29, 1.82) is 0 Å². The zero-order valence-electron chi connectivity index (χ0n) is 10.5. The van der Waals surface area contributed by atoms with E-state index in [1.54, 1.807) is 11.3 Å². The second-order valence-corrected chi connectivity index (χ2v) is 6.95. The van der Waals surface area contributed by atoms with Crippen LogP contribution in [0.15, 0.2) is 5.38 Å². The van der Waals surface area contributed by atoms with Gasteiger partial charge in [-0.25, -0.2) is 4.98 Å². The molecule has 0 radical (unpaired) electrons. The quantitative estimate of drug-likeness (QED) is 0.796. The van der Waals surface area contributed by atoms with Gasteiger partial charge >= 0.3 is 0 Å². The number of hydrogen-bond acceptors (Lipinski definition) is 3. The lowest BCUT2D eigenvalue weighted by molar-refractivity contribution is 0.0592. The number of aliphatic hydroxyl groups is 1. The number of thiazole rings is 1. The minimum absolute atomic E-state index is 0.0700. The van der Waals surface area contributed by atoms with E-state index < -0.39 is 6.10 Å². The highest BCUT2D eigenvalue weighted by atomic mass is 32.1. The van der Waals surface area contributed by atoms with E-state index in [4.69, 9.17) is 0 Å². The molecule has 0 aliphatic rings. The molecule has 86 valence electrons. The average molecular weight is 227 g/mol. The molecule has 0 bridgehead atoms. The van der Waals surface area contributed by atoms with Gasteiger partial charge in [0.2, 0.25) is 0 Å². The Hall–Kier alpha value is -0.410. The first-order valence-electron chi connectivity index (χ1n) is 5.26. The minimum atomic E-state index is -0.482. The highest BCUT2D eigenvalue weighted by Gasteiger charge is 2.27. The summed E-state index contributed by atoms with van der Waals surface area (Å²) in [6, 6.07) is 0. The van der Waals surface area contributed by atoms with Crippen LogP contribution in [0.5, 0.6) is 0 Å². The minimum Gasteiger partial charge on any atom is -0.386 e. The third kappa shape index (κ3) is 3.02. The first-order chi connectivity index (χ1) is 6.62. The number of rotatable bonds is 1. The molecule has 1 rings (SSSR count). The van der Waals surface area contributed by atoms with E-state index in [-0.39, 0.29) is 10.8 Å². The van der Waals surface area contributed by atoms with E-state index in [9.17, 15) is 5.11 Å². The predicted octanol–water partition coefficient (Wildman–Crippen LogP) is 3.52. The van der Waals surface area contributed by atoms with Crippen molar-refractivity contribution in [2.75, 3.05) is 0 Å². The van der Waals surface area contributed by atoms with Crippen LogP contribution in [0.3, 0.4) is 0 Å². The second-order valence-electron chi connectivity index (χ2n) is 6.10. The highest BCUT2D eigenvalue weighted by molar-refractivity contribution is 7.09. The van der Waals surface area contributed by atoms with Crippen molar-refractivity contribution in [3.05, 3.63) is 16.1 Å². The molecular weight excluding hydrogens is 206 g/mol. The van der Waals surface area contributed by atoms with Crippen molar-refractivity contribution in [3.63, 3.8) is 0 Å². The largest absolute Gasteiger partial charge is 0.386 e. The van der Waals surface area contributed by atoms with E-state index >= 15 is 0 Å². The molecule has 0 aliphatic heterocycles. The van der Waals surface area contributed by atoms with Gasteiger partial charge < -0.3 is 5.11 Å². The SMILES string of the molecule is CC(C)(C)c1nc(C(O)C(C)(C)C)cs1. The fraction of sp³-hybridized carbons (Fsp3) is 0.750. The zero-order valence-corrected chi connectivity index (χ0v) is 11.3. The molecule has 2 nitrogen and oxygen atoms in total. The van der Waals surface area contributed by atoms with Crippen LogP contribution in [-0.4, -0.2) is 10.1 Å². The van der Waals surface area contributed by atoms with Crippen LogP contribution >= 0.6 is 11.3 Å². The molecule has 0 saturated carbocycles. The van der Waals surface area contributed by atoms with Crippen LogP contribution in [0.25, 0.3) is 0 Å². The number of nitrogens with zero attached hydrogens (tertiary/aromatic N) is 1. The Labute approximate surface area is 96.4 Å². The van der Waals surface area contributed by atoms with Crippen molar-refractivity contribution in [2.45, 2.75) is 53.1 Å². The Kier molecular flexibility index (Phi) is 3.27. The maximum Gasteiger partial charge on any atom is 0.102 e. The van der Waals surface area contributed by atoms with Crippen molar-refractivity contribution in [3.8, 4) is 0 Å². The fourth-order valence-electron chi connectivity index (χ4n) is 1.20. The molecule has 0 aliphatic carbocycles. The lowest BCUT2D eigenvalue weighted by Gasteiger charge is -2.24. The average Bonchev–Trinajstić information content (AvgIpc) is 2.47. The molecule has 1 heterocycles. The number of aromatic nitrogens is 1. The fourth-order valence-corrected chi connectivity index (χ4v) is 2.13. The van der Waals surface area contributed by atoms with E-state index in [2.05, 4.69) is 25.8 Å². The number of hydrogen-bond donors (Lipinski definition) is 1. The Bertz CT molecular complexity index is 330. The predicted molar refractivity (Wildman–Crippen MR) is 65.2 cm³/mol. The third-order valence-corrected chi connectivity index (χ3v) is 3.55. The molecule has 0 saturated heterocycles. The standard InChI is InChI=1S/C12H21NOS/c1-11(2,3)9(14)8-7-15-10(13-8)12(4,5)6/h7,9,14H,1-6H3. The summed E-state index contributed by atoms with van der Waals surface area (Å²) < 4.78 is 0. The molecule has 1 N–H and O–H groups in total. The lowest BCUT2D eigenvalue weighted by atomic mass is 9.87. The molecule has 0 spiro atoms. The lowest BCUT2D eigenvalue weighted by Crippen LogP contribution is -2.19. The summed E-state index contributed by atoms with van der Waals surface area (Å²) in [6.45, 7) is 12.5. The van der Waals surface area contributed by atoms with Crippen LogP contribution < -0.4 is 0 Å². The maximum atomic E-state index is 10.1. The van der Waals surface area contributed by atoms with E-state index in [0.717, 1.165) is 10.7 Å². The Balaban J connectivity index is 2.95. The van der Waals surface area contributed by atoms with Crippen LogP contribution in [0.2, 0.25) is 0 Å². The summed E-state index contributed by atoms with van der Waals surface area (Å²) in [4.78, 5) is 4.52. The van der Waals surface area contributed by atoms with Crippen molar-refractivity contribution in [1.82, 2.24) is 4.98 Å². The van der Waals surface area contributed by atoms with E-state index in [1.807, 2.05) is 26.2 Å². The molecule has 0 aromatic carbocycles. The van der Waals surface area contributed by atoms with E-state index in [1.165, 1.54) is 0 Å². The Morgan fingerprint density at radius 3 is 2.07 bits per heavy atom. The van der Waals surface area contributed by atoms with Gasteiger partial charge in [0, 0.05) is 10.8 Å². The molecule has 3 heteroatoms. The monoisotopic (exact) mass is 227 g/mol. The molecule has 0 amide bonds. The molecule has 1 aromatic heterocycles. The van der Waals surface area contributed by atoms with Crippen LogP contribution in [0, 0.1) is 5.41 Å². The third-order valence-electron chi connectivity index (χ3n) is 2.26. The maximum absolute atomic E-state index is 10.1. The molecular formula is C12H21NOS. The van der Waals surface area contributed by atoms with Crippen molar-refractivity contribution >= 4 is 11.3 Å². The van der Waals surface area contributed by atoms with Gasteiger partial charge in [0.05, 0.1) is 10.7 Å². The van der Waals surface area contributed by atoms with Gasteiger partial charge in [-0.3, -0.25) is 0 Å². The molecule has 1 atom stereocenters. The molecule has 0 fully saturated rings. The summed E-state index contributed by atoms with van der Waals surface area (Å²) in [5.41, 5.74) is 0.724. The summed E-state index contributed by atoms with van der Waals surface area (Å²) in [5, 5.41) is 13.1. The van der Waals surface area contributed by atoms with Crippen LogP contribution in [0.4, 0.5) is 0 Å². The van der Waals surface area contributed by atoms with Gasteiger partial charge in [0.1, 0.15) is 6.10 Å². The second kappa shape index (κ2) is 3.87. The van der Waals surface area contributed by atoms with Gasteiger partial charge in [0.25, 0.3) is 0 Å². The van der Waals surface area contributed by atoms with Crippen molar-refractivity contribution < 1.29 is 5.11 Å². The van der Waals surface area contributed by atoms with Gasteiger partial charge in [-0.15, -0.1) is 11.3 Å².